The molecule has 0 radical (unpaired) electrons. The lowest BCUT2D eigenvalue weighted by molar-refractivity contribution is -0.124. The van der Waals surface area contributed by atoms with Gasteiger partial charge in [0.15, 0.2) is 0 Å². The summed E-state index contributed by atoms with van der Waals surface area (Å²) in [7, 11) is 0. The predicted octanol–water partition coefficient (Wildman–Crippen LogP) is 5.11. The third-order valence-corrected chi connectivity index (χ3v) is 9.37. The molecule has 0 saturated carbocycles. The maximum Gasteiger partial charge on any atom is 0.267 e. The number of rotatable bonds is 14. The van der Waals surface area contributed by atoms with Gasteiger partial charge in [0, 0.05) is 38.3 Å². The summed E-state index contributed by atoms with van der Waals surface area (Å²) in [6, 6.07) is 10.6. The van der Waals surface area contributed by atoms with Crippen molar-refractivity contribution < 1.29 is 19.2 Å². The lowest BCUT2D eigenvalue weighted by Crippen LogP contribution is -2.31. The third kappa shape index (κ3) is 8.90. The number of hydrogen-bond acceptors (Lipinski definition) is 10. The monoisotopic (exact) mass is 642 g/mol. The fraction of sp³-hybridized carbons (Fsp3) is 0.357. The van der Waals surface area contributed by atoms with Crippen LogP contribution in [0, 0.1) is 0 Å². The highest BCUT2D eigenvalue weighted by atomic mass is 32.2. The van der Waals surface area contributed by atoms with Gasteiger partial charge in [-0.3, -0.25) is 29.0 Å². The predicted molar refractivity (Wildman–Crippen MR) is 173 cm³/mol. The first-order chi connectivity index (χ1) is 20.3. The molecular weight excluding hydrogens is 613 g/mol. The number of pyridine rings is 2. The van der Waals surface area contributed by atoms with E-state index >= 15 is 0 Å². The largest absolute Gasteiger partial charge is 0.311 e. The van der Waals surface area contributed by atoms with Crippen LogP contribution in [0.4, 0.5) is 11.6 Å². The van der Waals surface area contributed by atoms with Gasteiger partial charge >= 0.3 is 0 Å². The number of unbranched alkanes of at least 4 members (excludes halogenated alkanes) is 4. The molecule has 0 atom stereocenters. The number of thioether (sulfide) groups is 2. The molecule has 42 heavy (non-hydrogen) atoms. The number of thiocarbonyl (C=S) groups is 2. The summed E-state index contributed by atoms with van der Waals surface area (Å²) < 4.78 is 0.828. The highest BCUT2D eigenvalue weighted by Gasteiger charge is 2.41. The second-order valence-corrected chi connectivity index (χ2v) is 12.7. The normalized spacial score (nSPS) is 16.9. The summed E-state index contributed by atoms with van der Waals surface area (Å²) in [6.07, 6.45) is 8.13. The summed E-state index contributed by atoms with van der Waals surface area (Å²) >= 11 is 13.1. The lowest BCUT2D eigenvalue weighted by Gasteiger charge is -2.14. The minimum Gasteiger partial charge on any atom is -0.311 e. The molecule has 4 heterocycles. The SMILES string of the molecule is O=C(CCCCCN1C(=O)/C(=C2\SC(=S)N(CCCCCC(=O)Nc3ccccn3)C2=O)SC1=S)Nc1ccccn1. The number of amides is 4. The number of anilines is 2. The minimum atomic E-state index is -0.280. The highest BCUT2D eigenvalue weighted by molar-refractivity contribution is 8.29. The molecule has 0 unspecified atom stereocenters. The molecular formula is C28H30N6O4S4. The zero-order chi connectivity index (χ0) is 29.9. The van der Waals surface area contributed by atoms with Crippen molar-refractivity contribution in [2.75, 3.05) is 23.7 Å². The standard InChI is InChI=1S/C28H30N6O4S4/c35-21(31-19-11-5-7-15-29-19)13-3-1-9-17-33-25(37)23(41-27(33)39)24-26(38)34(28(40)42-24)18-10-2-4-14-22(36)32-20-12-6-8-16-30-20/h5-8,11-12,15-16H,1-4,9-10,13-14,17-18H2,(H,29,31,35)(H,30,32,36)/b24-23+. The van der Waals surface area contributed by atoms with Gasteiger partial charge in [-0.25, -0.2) is 9.97 Å². The molecule has 2 aromatic heterocycles. The molecule has 220 valence electrons. The van der Waals surface area contributed by atoms with Crippen molar-refractivity contribution >= 4 is 91.9 Å². The Balaban J connectivity index is 1.17. The average molecular weight is 643 g/mol. The first kappa shape index (κ1) is 31.7. The van der Waals surface area contributed by atoms with E-state index in [2.05, 4.69) is 20.6 Å². The molecule has 2 saturated heterocycles. The van der Waals surface area contributed by atoms with Crippen LogP contribution in [-0.2, 0) is 19.2 Å². The minimum absolute atomic E-state index is 0.104. The summed E-state index contributed by atoms with van der Waals surface area (Å²) in [5, 5.41) is 5.51. The van der Waals surface area contributed by atoms with Gasteiger partial charge in [0.1, 0.15) is 20.3 Å². The number of nitrogens with zero attached hydrogens (tertiary/aromatic N) is 4. The lowest BCUT2D eigenvalue weighted by atomic mass is 10.2. The molecule has 4 rings (SSSR count). The Hall–Kier alpha value is -3.20. The Kier molecular flexibility index (Phi) is 12.0. The summed E-state index contributed by atoms with van der Waals surface area (Å²) in [4.78, 5) is 62.3. The Morgan fingerprint density at radius 1 is 0.667 bits per heavy atom. The van der Waals surface area contributed by atoms with Crippen LogP contribution < -0.4 is 10.6 Å². The summed E-state index contributed by atoms with van der Waals surface area (Å²) in [5.41, 5.74) is 0. The van der Waals surface area contributed by atoms with Crippen molar-refractivity contribution in [3.8, 4) is 0 Å². The Labute approximate surface area is 263 Å². The summed E-state index contributed by atoms with van der Waals surface area (Å²) in [5.74, 6) is 0.272. The van der Waals surface area contributed by atoms with E-state index < -0.39 is 0 Å². The van der Waals surface area contributed by atoms with Crippen LogP contribution >= 0.6 is 48.0 Å². The molecule has 2 aliphatic heterocycles. The van der Waals surface area contributed by atoms with Crippen LogP contribution in [-0.4, -0.2) is 65.1 Å². The molecule has 0 spiro atoms. The van der Waals surface area contributed by atoms with Crippen LogP contribution in [0.2, 0.25) is 0 Å². The highest BCUT2D eigenvalue weighted by Crippen LogP contribution is 2.42. The van der Waals surface area contributed by atoms with E-state index in [0.29, 0.717) is 81.7 Å². The molecule has 14 heteroatoms. The van der Waals surface area contributed by atoms with Crippen molar-refractivity contribution in [1.29, 1.82) is 0 Å². The maximum atomic E-state index is 13.2. The molecule has 2 N–H and O–H groups in total. The fourth-order valence-electron chi connectivity index (χ4n) is 4.20. The molecule has 4 amide bonds. The van der Waals surface area contributed by atoms with Crippen molar-refractivity contribution in [2.24, 2.45) is 0 Å². The zero-order valence-corrected chi connectivity index (χ0v) is 26.0. The average Bonchev–Trinajstić information content (AvgIpc) is 3.42. The number of hydrogen-bond donors (Lipinski definition) is 2. The quantitative estimate of drug-likeness (QED) is 0.163. The van der Waals surface area contributed by atoms with Crippen LogP contribution in [0.1, 0.15) is 51.4 Å². The molecule has 0 bridgehead atoms. The number of carbonyl (C=O) groups is 4. The zero-order valence-electron chi connectivity index (χ0n) is 22.7. The van der Waals surface area contributed by atoms with Gasteiger partial charge in [0.25, 0.3) is 11.8 Å². The topological polar surface area (TPSA) is 125 Å². The van der Waals surface area contributed by atoms with E-state index in [1.807, 2.05) is 0 Å². The number of nitrogens with one attached hydrogen (secondary N) is 2. The van der Waals surface area contributed by atoms with Gasteiger partial charge in [-0.05, 0) is 49.9 Å². The summed E-state index contributed by atoms with van der Waals surface area (Å²) in [6.45, 7) is 0.842. The van der Waals surface area contributed by atoms with Gasteiger partial charge in [0.2, 0.25) is 11.8 Å². The Morgan fingerprint density at radius 3 is 1.48 bits per heavy atom. The molecule has 2 aromatic rings. The van der Waals surface area contributed by atoms with Gasteiger partial charge in [-0.15, -0.1) is 0 Å². The number of aromatic nitrogens is 2. The van der Waals surface area contributed by atoms with E-state index in [1.165, 1.54) is 9.80 Å². The maximum absolute atomic E-state index is 13.2. The van der Waals surface area contributed by atoms with E-state index in [1.54, 1.807) is 48.8 Å². The molecule has 0 aromatic carbocycles. The van der Waals surface area contributed by atoms with Crippen LogP contribution in [0.5, 0.6) is 0 Å². The Bertz CT molecular complexity index is 1270. The first-order valence-corrected chi connectivity index (χ1v) is 16.0. The molecule has 0 aliphatic carbocycles. The van der Waals surface area contributed by atoms with Gasteiger partial charge in [0.05, 0.1) is 9.81 Å². The van der Waals surface area contributed by atoms with E-state index in [4.69, 9.17) is 24.4 Å². The van der Waals surface area contributed by atoms with E-state index in [-0.39, 0.29) is 23.6 Å². The van der Waals surface area contributed by atoms with Crippen molar-refractivity contribution in [3.05, 3.63) is 58.6 Å². The first-order valence-electron chi connectivity index (χ1n) is 13.6. The van der Waals surface area contributed by atoms with Gasteiger partial charge < -0.3 is 10.6 Å². The third-order valence-electron chi connectivity index (χ3n) is 6.34. The van der Waals surface area contributed by atoms with E-state index in [9.17, 15) is 19.2 Å². The van der Waals surface area contributed by atoms with Gasteiger partial charge in [-0.2, -0.15) is 0 Å². The van der Waals surface area contributed by atoms with Crippen LogP contribution in [0.15, 0.2) is 58.6 Å². The second-order valence-electron chi connectivity index (χ2n) is 9.46. The molecule has 10 nitrogen and oxygen atoms in total. The molecule has 2 aliphatic rings. The van der Waals surface area contributed by atoms with Crippen molar-refractivity contribution in [1.82, 2.24) is 19.8 Å². The van der Waals surface area contributed by atoms with E-state index in [0.717, 1.165) is 36.4 Å². The van der Waals surface area contributed by atoms with Crippen LogP contribution in [0.25, 0.3) is 0 Å². The van der Waals surface area contributed by atoms with Crippen molar-refractivity contribution in [2.45, 2.75) is 51.4 Å². The Morgan fingerprint density at radius 2 is 1.10 bits per heavy atom. The van der Waals surface area contributed by atoms with Gasteiger partial charge in [-0.1, -0.05) is 72.9 Å². The number of carbonyl (C=O) groups excluding carboxylic acids is 4. The fourth-order valence-corrected chi connectivity index (χ4v) is 6.98. The van der Waals surface area contributed by atoms with Crippen LogP contribution in [0.3, 0.4) is 0 Å². The smallest absolute Gasteiger partial charge is 0.267 e. The second kappa shape index (κ2) is 15.9. The van der Waals surface area contributed by atoms with Crippen molar-refractivity contribution in [3.63, 3.8) is 0 Å². The molecule has 2 fully saturated rings.